The van der Waals surface area contributed by atoms with Gasteiger partial charge in [0.2, 0.25) is 0 Å². The van der Waals surface area contributed by atoms with Crippen molar-refractivity contribution in [1.82, 2.24) is 0 Å². The van der Waals surface area contributed by atoms with Crippen molar-refractivity contribution in [2.75, 3.05) is 0 Å². The molecule has 0 N–H and O–H groups in total. The van der Waals surface area contributed by atoms with Crippen LogP contribution >= 0.6 is 0 Å². The molecule has 0 bridgehead atoms. The summed E-state index contributed by atoms with van der Waals surface area (Å²) in [5.74, 6) is 0.845. The van der Waals surface area contributed by atoms with Crippen LogP contribution in [0.1, 0.15) is 26.7 Å². The van der Waals surface area contributed by atoms with Crippen molar-refractivity contribution in [3.8, 4) is 0 Å². The van der Waals surface area contributed by atoms with Gasteiger partial charge in [0.25, 0.3) is 0 Å². The molecule has 2 heteroatoms. The van der Waals surface area contributed by atoms with Crippen LogP contribution in [0.4, 0.5) is 0 Å². The smallest absolute Gasteiger partial charge is 0.168 e. The topological polar surface area (TPSA) is 3.88 Å². The predicted octanol–water partition coefficient (Wildman–Crippen LogP) is -0.586. The van der Waals surface area contributed by atoms with E-state index < -0.39 is 0 Å². The van der Waals surface area contributed by atoms with Gasteiger partial charge in [-0.15, -0.1) is 0 Å². The molecule has 0 fully saturated rings. The third-order valence-corrected chi connectivity index (χ3v) is 2.35. The molecule has 1 aromatic rings. The molecule has 74 valence electrons. The van der Waals surface area contributed by atoms with Gasteiger partial charge in [-0.3, -0.25) is 0 Å². The molecule has 0 saturated heterocycles. The highest BCUT2D eigenvalue weighted by atomic mass is 35.5. The molecule has 1 unspecified atom stereocenters. The summed E-state index contributed by atoms with van der Waals surface area (Å²) in [7, 11) is 0. The fourth-order valence-corrected chi connectivity index (χ4v) is 1.16. The molecule has 0 saturated carbocycles. The molecule has 1 atom stereocenters. The Morgan fingerprint density at radius 1 is 1.15 bits per heavy atom. The van der Waals surface area contributed by atoms with Crippen molar-refractivity contribution >= 4 is 0 Å². The van der Waals surface area contributed by atoms with Crippen molar-refractivity contribution in [2.24, 2.45) is 5.92 Å². The van der Waals surface area contributed by atoms with Gasteiger partial charge in [0, 0.05) is 18.6 Å². The van der Waals surface area contributed by atoms with Crippen molar-refractivity contribution in [3.05, 3.63) is 30.6 Å². The van der Waals surface area contributed by atoms with Gasteiger partial charge in [0.1, 0.15) is 6.54 Å². The van der Waals surface area contributed by atoms with E-state index in [1.165, 1.54) is 12.8 Å². The summed E-state index contributed by atoms with van der Waals surface area (Å²) < 4.78 is 2.24. The lowest BCUT2D eigenvalue weighted by Gasteiger charge is -2.03. The minimum atomic E-state index is 0. The van der Waals surface area contributed by atoms with E-state index in [-0.39, 0.29) is 12.4 Å². The minimum Gasteiger partial charge on any atom is -1.00 e. The number of nitrogens with zero attached hydrogens (tertiary/aromatic N) is 1. The van der Waals surface area contributed by atoms with Gasteiger partial charge in [-0.1, -0.05) is 26.3 Å². The Morgan fingerprint density at radius 3 is 2.31 bits per heavy atom. The zero-order valence-electron chi connectivity index (χ0n) is 8.41. The lowest BCUT2D eigenvalue weighted by atomic mass is 10.1. The fourth-order valence-electron chi connectivity index (χ4n) is 1.16. The Labute approximate surface area is 87.2 Å². The summed E-state index contributed by atoms with van der Waals surface area (Å²) in [6.07, 6.45) is 6.82. The summed E-state index contributed by atoms with van der Waals surface area (Å²) in [6.45, 7) is 5.71. The molecule has 0 aliphatic carbocycles. The SMILES string of the molecule is CCC(C)CC[n+]1ccccc1.[Cl-]. The van der Waals surface area contributed by atoms with E-state index in [9.17, 15) is 0 Å². The Balaban J connectivity index is 0.00000144. The quantitative estimate of drug-likeness (QED) is 0.572. The molecule has 1 heterocycles. The molecular formula is C11H18ClN. The first-order valence-corrected chi connectivity index (χ1v) is 4.77. The normalized spacial score (nSPS) is 11.8. The highest BCUT2D eigenvalue weighted by Crippen LogP contribution is 2.04. The van der Waals surface area contributed by atoms with E-state index in [1.54, 1.807) is 0 Å². The summed E-state index contributed by atoms with van der Waals surface area (Å²) in [5, 5.41) is 0. The summed E-state index contributed by atoms with van der Waals surface area (Å²) in [5.41, 5.74) is 0. The summed E-state index contributed by atoms with van der Waals surface area (Å²) in [6, 6.07) is 6.22. The second-order valence-electron chi connectivity index (χ2n) is 3.42. The molecule has 0 spiro atoms. The summed E-state index contributed by atoms with van der Waals surface area (Å²) in [4.78, 5) is 0. The number of hydrogen-bond acceptors (Lipinski definition) is 0. The molecule has 13 heavy (non-hydrogen) atoms. The maximum absolute atomic E-state index is 2.31. The van der Waals surface area contributed by atoms with E-state index in [1.807, 2.05) is 0 Å². The highest BCUT2D eigenvalue weighted by Gasteiger charge is 2.02. The van der Waals surface area contributed by atoms with Crippen molar-refractivity contribution < 1.29 is 17.0 Å². The van der Waals surface area contributed by atoms with Gasteiger partial charge >= 0.3 is 0 Å². The monoisotopic (exact) mass is 199 g/mol. The van der Waals surface area contributed by atoms with Gasteiger partial charge in [0.05, 0.1) is 0 Å². The van der Waals surface area contributed by atoms with Crippen LogP contribution in [0.15, 0.2) is 30.6 Å². The van der Waals surface area contributed by atoms with E-state index in [0.717, 1.165) is 12.5 Å². The van der Waals surface area contributed by atoms with E-state index >= 15 is 0 Å². The van der Waals surface area contributed by atoms with Crippen molar-refractivity contribution in [1.29, 1.82) is 0 Å². The molecule has 1 rings (SSSR count). The van der Waals surface area contributed by atoms with Crippen molar-refractivity contribution in [3.63, 3.8) is 0 Å². The summed E-state index contributed by atoms with van der Waals surface area (Å²) >= 11 is 0. The fraction of sp³-hybridized carbons (Fsp3) is 0.545. The number of aromatic nitrogens is 1. The number of hydrogen-bond donors (Lipinski definition) is 0. The van der Waals surface area contributed by atoms with Crippen LogP contribution in [0.3, 0.4) is 0 Å². The first-order chi connectivity index (χ1) is 5.83. The first-order valence-electron chi connectivity index (χ1n) is 4.77. The van der Waals surface area contributed by atoms with Gasteiger partial charge in [-0.05, 0) is 5.92 Å². The van der Waals surface area contributed by atoms with Crippen molar-refractivity contribution in [2.45, 2.75) is 33.2 Å². The van der Waals surface area contributed by atoms with Crippen LogP contribution in [-0.2, 0) is 6.54 Å². The number of rotatable bonds is 4. The largest absolute Gasteiger partial charge is 1.00 e. The maximum atomic E-state index is 2.31. The minimum absolute atomic E-state index is 0. The van der Waals surface area contributed by atoms with Gasteiger partial charge < -0.3 is 12.4 Å². The lowest BCUT2D eigenvalue weighted by molar-refractivity contribution is -0.698. The second kappa shape index (κ2) is 6.90. The maximum Gasteiger partial charge on any atom is 0.168 e. The third kappa shape index (κ3) is 4.89. The number of aryl methyl sites for hydroxylation is 1. The molecule has 0 aliphatic heterocycles. The van der Waals surface area contributed by atoms with Gasteiger partial charge in [-0.2, -0.15) is 0 Å². The van der Waals surface area contributed by atoms with Crippen LogP contribution in [-0.4, -0.2) is 0 Å². The Hall–Kier alpha value is -0.560. The second-order valence-corrected chi connectivity index (χ2v) is 3.42. The third-order valence-electron chi connectivity index (χ3n) is 2.35. The first kappa shape index (κ1) is 12.4. The molecule has 1 aromatic heterocycles. The predicted molar refractivity (Wildman–Crippen MR) is 50.7 cm³/mol. The van der Waals surface area contributed by atoms with Crippen LogP contribution in [0, 0.1) is 5.92 Å². The van der Waals surface area contributed by atoms with E-state index in [2.05, 4.69) is 49.0 Å². The molecule has 0 radical (unpaired) electrons. The Bertz CT molecular complexity index is 211. The molecule has 1 nitrogen and oxygen atoms in total. The van der Waals surface area contributed by atoms with Gasteiger partial charge in [-0.25, -0.2) is 4.57 Å². The zero-order chi connectivity index (χ0) is 8.81. The molecule has 0 amide bonds. The number of halogens is 1. The van der Waals surface area contributed by atoms with Crippen LogP contribution < -0.4 is 17.0 Å². The molecular weight excluding hydrogens is 182 g/mol. The van der Waals surface area contributed by atoms with Gasteiger partial charge in [0.15, 0.2) is 12.4 Å². The van der Waals surface area contributed by atoms with E-state index in [4.69, 9.17) is 0 Å². The average molecular weight is 200 g/mol. The highest BCUT2D eigenvalue weighted by molar-refractivity contribution is 4.83. The lowest BCUT2D eigenvalue weighted by Crippen LogP contribution is -3.00. The zero-order valence-corrected chi connectivity index (χ0v) is 9.17. The molecule has 0 aliphatic rings. The Kier molecular flexibility index (Phi) is 6.61. The molecule has 0 aromatic carbocycles. The van der Waals surface area contributed by atoms with Crippen LogP contribution in [0.2, 0.25) is 0 Å². The standard InChI is InChI=1S/C11H18N.ClH/c1-3-11(2)7-10-12-8-5-4-6-9-12;/h4-6,8-9,11H,3,7,10H2,1-2H3;1H/q+1;/p-1. The van der Waals surface area contributed by atoms with Crippen LogP contribution in [0.5, 0.6) is 0 Å². The van der Waals surface area contributed by atoms with E-state index in [0.29, 0.717) is 0 Å². The average Bonchev–Trinajstić information content (AvgIpc) is 2.16. The van der Waals surface area contributed by atoms with Crippen LogP contribution in [0.25, 0.3) is 0 Å². The Morgan fingerprint density at radius 2 is 1.77 bits per heavy atom. The number of pyridine rings is 1.